The lowest BCUT2D eigenvalue weighted by Gasteiger charge is -2.18. The van der Waals surface area contributed by atoms with Crippen LogP contribution in [0, 0.1) is 11.3 Å². The molecule has 8 heteroatoms. The predicted octanol–water partition coefficient (Wildman–Crippen LogP) is 3.37. The van der Waals surface area contributed by atoms with E-state index in [0.29, 0.717) is 55.5 Å². The quantitative estimate of drug-likeness (QED) is 0.325. The van der Waals surface area contributed by atoms with Gasteiger partial charge in [0.15, 0.2) is 11.5 Å². The number of nitriles is 1. The molecule has 33 heavy (non-hydrogen) atoms. The first kappa shape index (κ1) is 22.1. The number of para-hydroxylation sites is 1. The van der Waals surface area contributed by atoms with E-state index >= 15 is 0 Å². The van der Waals surface area contributed by atoms with Gasteiger partial charge in [-0.2, -0.15) is 10.4 Å². The third-order valence-corrected chi connectivity index (χ3v) is 5.05. The van der Waals surface area contributed by atoms with Crippen molar-refractivity contribution < 1.29 is 19.0 Å². The van der Waals surface area contributed by atoms with Crippen molar-refractivity contribution in [2.75, 3.05) is 33.5 Å². The normalized spacial score (nSPS) is 12.8. The van der Waals surface area contributed by atoms with Crippen LogP contribution < -0.4 is 14.8 Å². The molecule has 1 N–H and O–H groups in total. The Hall–Kier alpha value is -4.09. The first-order chi connectivity index (χ1) is 16.2. The number of benzene rings is 2. The molecule has 1 aromatic heterocycles. The molecule has 0 saturated heterocycles. The average Bonchev–Trinajstić information content (AvgIpc) is 3.29. The van der Waals surface area contributed by atoms with Crippen molar-refractivity contribution >= 4 is 12.0 Å². The molecule has 1 aliphatic heterocycles. The molecule has 0 saturated carbocycles. The number of hydrogen-bond acceptors (Lipinski definition) is 6. The summed E-state index contributed by atoms with van der Waals surface area (Å²) in [5.41, 5.74) is 2.91. The van der Waals surface area contributed by atoms with Gasteiger partial charge in [0.05, 0.1) is 5.69 Å². The Morgan fingerprint density at radius 2 is 2.00 bits per heavy atom. The van der Waals surface area contributed by atoms with Gasteiger partial charge >= 0.3 is 0 Å². The van der Waals surface area contributed by atoms with Crippen LogP contribution in [0.2, 0.25) is 0 Å². The van der Waals surface area contributed by atoms with Crippen LogP contribution >= 0.6 is 0 Å². The number of hydrogen-bond donors (Lipinski definition) is 1. The van der Waals surface area contributed by atoms with Crippen molar-refractivity contribution in [2.45, 2.75) is 6.42 Å². The van der Waals surface area contributed by atoms with E-state index in [9.17, 15) is 10.1 Å². The number of ether oxygens (including phenoxy) is 3. The first-order valence-corrected chi connectivity index (χ1v) is 10.6. The second-order valence-corrected chi connectivity index (χ2v) is 7.34. The highest BCUT2D eigenvalue weighted by molar-refractivity contribution is 6.02. The van der Waals surface area contributed by atoms with E-state index in [4.69, 9.17) is 19.3 Å². The van der Waals surface area contributed by atoms with E-state index in [-0.39, 0.29) is 5.57 Å². The largest absolute Gasteiger partial charge is 0.486 e. The SMILES string of the molecule is COCCCNC(=O)/C(C#N)=C/c1cn(-c2ccccc2)nc1-c1ccc2c(c1)OCCO2. The molecule has 3 aromatic rings. The topological polar surface area (TPSA) is 98.4 Å². The van der Waals surface area contributed by atoms with E-state index in [1.165, 1.54) is 0 Å². The monoisotopic (exact) mass is 444 g/mol. The van der Waals surface area contributed by atoms with Crippen LogP contribution in [0.1, 0.15) is 12.0 Å². The van der Waals surface area contributed by atoms with Crippen LogP contribution in [0.5, 0.6) is 11.5 Å². The highest BCUT2D eigenvalue weighted by Crippen LogP contribution is 2.35. The lowest BCUT2D eigenvalue weighted by atomic mass is 10.0. The zero-order chi connectivity index (χ0) is 23.0. The van der Waals surface area contributed by atoms with E-state index in [1.807, 2.05) is 54.6 Å². The molecule has 2 aromatic carbocycles. The highest BCUT2D eigenvalue weighted by Gasteiger charge is 2.18. The van der Waals surface area contributed by atoms with Gasteiger partial charge < -0.3 is 19.5 Å². The first-order valence-electron chi connectivity index (χ1n) is 10.6. The van der Waals surface area contributed by atoms with Gasteiger partial charge in [-0.15, -0.1) is 0 Å². The van der Waals surface area contributed by atoms with E-state index in [0.717, 1.165) is 11.3 Å². The molecule has 8 nitrogen and oxygen atoms in total. The number of amides is 1. The summed E-state index contributed by atoms with van der Waals surface area (Å²) in [6, 6.07) is 17.2. The van der Waals surface area contributed by atoms with Crippen molar-refractivity contribution in [1.29, 1.82) is 5.26 Å². The third-order valence-electron chi connectivity index (χ3n) is 5.05. The fraction of sp³-hybridized carbons (Fsp3) is 0.240. The number of nitrogens with zero attached hydrogens (tertiary/aromatic N) is 3. The van der Waals surface area contributed by atoms with E-state index < -0.39 is 5.91 Å². The standard InChI is InChI=1S/C25H24N4O4/c1-31-11-5-10-27-25(30)19(16-26)14-20-17-29(21-6-3-2-4-7-21)28-24(20)18-8-9-22-23(15-18)33-13-12-32-22/h2-4,6-9,14-15,17H,5,10-13H2,1H3,(H,27,30)/b19-14+. The lowest BCUT2D eigenvalue weighted by molar-refractivity contribution is -0.117. The van der Waals surface area contributed by atoms with Gasteiger partial charge in [-0.1, -0.05) is 18.2 Å². The Bertz CT molecular complexity index is 1190. The van der Waals surface area contributed by atoms with Crippen LogP contribution in [0.4, 0.5) is 0 Å². The second-order valence-electron chi connectivity index (χ2n) is 7.34. The number of carbonyl (C=O) groups excluding carboxylic acids is 1. The van der Waals surface area contributed by atoms with E-state index in [1.54, 1.807) is 24.1 Å². The van der Waals surface area contributed by atoms with Crippen LogP contribution in [-0.2, 0) is 9.53 Å². The van der Waals surface area contributed by atoms with Gasteiger partial charge in [-0.05, 0) is 42.8 Å². The Balaban J connectivity index is 1.72. The van der Waals surface area contributed by atoms with Crippen LogP contribution in [0.25, 0.3) is 23.0 Å². The summed E-state index contributed by atoms with van der Waals surface area (Å²) < 4.78 is 18.1. The van der Waals surface area contributed by atoms with Gasteiger partial charge in [-0.3, -0.25) is 4.79 Å². The molecule has 4 rings (SSSR count). The second kappa shape index (κ2) is 10.5. The van der Waals surface area contributed by atoms with Crippen LogP contribution in [0.3, 0.4) is 0 Å². The summed E-state index contributed by atoms with van der Waals surface area (Å²) >= 11 is 0. The Kier molecular flexibility index (Phi) is 7.03. The van der Waals surface area contributed by atoms with Gasteiger partial charge in [0.25, 0.3) is 5.91 Å². The fourth-order valence-electron chi connectivity index (χ4n) is 3.44. The molecule has 0 unspecified atom stereocenters. The summed E-state index contributed by atoms with van der Waals surface area (Å²) in [6.45, 7) is 1.94. The number of nitrogens with one attached hydrogen (secondary N) is 1. The van der Waals surface area contributed by atoms with Crippen molar-refractivity contribution in [1.82, 2.24) is 15.1 Å². The Labute approximate surface area is 192 Å². The highest BCUT2D eigenvalue weighted by atomic mass is 16.6. The van der Waals surface area contributed by atoms with Crippen LogP contribution in [0.15, 0.2) is 60.3 Å². The molecule has 0 fully saturated rings. The maximum absolute atomic E-state index is 12.6. The van der Waals surface area contributed by atoms with Crippen molar-refractivity contribution in [3.63, 3.8) is 0 Å². The van der Waals surface area contributed by atoms with Gasteiger partial charge in [0.2, 0.25) is 0 Å². The minimum Gasteiger partial charge on any atom is -0.486 e. The molecule has 0 spiro atoms. The zero-order valence-electron chi connectivity index (χ0n) is 18.3. The van der Waals surface area contributed by atoms with Crippen molar-refractivity contribution in [3.8, 4) is 34.5 Å². The molecule has 0 radical (unpaired) electrons. The summed E-state index contributed by atoms with van der Waals surface area (Å²) in [5, 5.41) is 17.1. The molecule has 168 valence electrons. The van der Waals surface area contributed by atoms with Crippen LogP contribution in [-0.4, -0.2) is 49.2 Å². The van der Waals surface area contributed by atoms with Gasteiger partial charge in [-0.25, -0.2) is 4.68 Å². The number of rotatable bonds is 8. The maximum Gasteiger partial charge on any atom is 0.261 e. The predicted molar refractivity (Wildman–Crippen MR) is 123 cm³/mol. The molecular weight excluding hydrogens is 420 g/mol. The maximum atomic E-state index is 12.6. The number of aromatic nitrogens is 2. The molecule has 0 aliphatic carbocycles. The minimum atomic E-state index is -0.436. The fourth-order valence-corrected chi connectivity index (χ4v) is 3.44. The summed E-state index contributed by atoms with van der Waals surface area (Å²) in [7, 11) is 1.60. The zero-order valence-corrected chi connectivity index (χ0v) is 18.3. The number of fused-ring (bicyclic) bond motifs is 1. The smallest absolute Gasteiger partial charge is 0.261 e. The minimum absolute atomic E-state index is 0.00109. The third kappa shape index (κ3) is 5.22. The molecular formula is C25H24N4O4. The number of carbonyl (C=O) groups is 1. The molecule has 0 bridgehead atoms. The lowest BCUT2D eigenvalue weighted by Crippen LogP contribution is -2.26. The van der Waals surface area contributed by atoms with Crippen molar-refractivity contribution in [2.24, 2.45) is 0 Å². The average molecular weight is 444 g/mol. The number of methoxy groups -OCH3 is 1. The summed E-state index contributed by atoms with van der Waals surface area (Å²) in [5.74, 6) is 0.881. The molecule has 0 atom stereocenters. The molecule has 1 amide bonds. The van der Waals surface area contributed by atoms with Crippen molar-refractivity contribution in [3.05, 3.63) is 65.9 Å². The summed E-state index contributed by atoms with van der Waals surface area (Å²) in [6.07, 6.45) is 4.02. The molecule has 1 aliphatic rings. The molecule has 2 heterocycles. The Morgan fingerprint density at radius 3 is 2.76 bits per heavy atom. The summed E-state index contributed by atoms with van der Waals surface area (Å²) in [4.78, 5) is 12.6. The Morgan fingerprint density at radius 1 is 1.21 bits per heavy atom. The van der Waals surface area contributed by atoms with Gasteiger partial charge in [0.1, 0.15) is 30.6 Å². The van der Waals surface area contributed by atoms with Gasteiger partial charge in [0, 0.05) is 37.6 Å². The van der Waals surface area contributed by atoms with E-state index in [2.05, 4.69) is 5.32 Å².